The van der Waals surface area contributed by atoms with Gasteiger partial charge >= 0.3 is 0 Å². The topological polar surface area (TPSA) is 54.3 Å². The first-order valence-electron chi connectivity index (χ1n) is 8.86. The van der Waals surface area contributed by atoms with Gasteiger partial charge in [-0.05, 0) is 55.7 Å². The van der Waals surface area contributed by atoms with E-state index in [1.807, 2.05) is 22.4 Å². The van der Waals surface area contributed by atoms with Crippen LogP contribution in [0.3, 0.4) is 0 Å². The number of halogens is 1. The van der Waals surface area contributed by atoms with Gasteiger partial charge in [0.05, 0.1) is 10.6 Å². The number of hydrogen-bond donors (Lipinski definition) is 0. The molecule has 1 saturated heterocycles. The Hall–Kier alpha value is -2.58. The number of nitrogens with zero attached hydrogens (tertiary/aromatic N) is 5. The van der Waals surface area contributed by atoms with Gasteiger partial charge in [-0.1, -0.05) is 6.07 Å². The minimum Gasteiger partial charge on any atom is -0.335 e. The van der Waals surface area contributed by atoms with Gasteiger partial charge in [0, 0.05) is 19.6 Å². The summed E-state index contributed by atoms with van der Waals surface area (Å²) in [5.74, 6) is 0.282. The van der Waals surface area contributed by atoms with Crippen molar-refractivity contribution in [3.05, 3.63) is 53.4 Å². The fourth-order valence-corrected chi connectivity index (χ4v) is 3.82. The fourth-order valence-electron chi connectivity index (χ4n) is 3.12. The first-order chi connectivity index (χ1) is 13.1. The van der Waals surface area contributed by atoms with Gasteiger partial charge < -0.3 is 9.80 Å². The van der Waals surface area contributed by atoms with E-state index in [2.05, 4.69) is 22.0 Å². The second kappa shape index (κ2) is 7.58. The minimum absolute atomic E-state index is 0.163. The van der Waals surface area contributed by atoms with Crippen LogP contribution in [0.15, 0.2) is 41.8 Å². The van der Waals surface area contributed by atoms with Crippen molar-refractivity contribution in [2.75, 3.05) is 33.2 Å². The number of benzene rings is 1. The van der Waals surface area contributed by atoms with E-state index in [1.165, 1.54) is 23.5 Å². The molecule has 6 nitrogen and oxygen atoms in total. The van der Waals surface area contributed by atoms with Crippen LogP contribution in [0, 0.1) is 5.82 Å². The molecular weight excluding hydrogens is 365 g/mol. The highest BCUT2D eigenvalue weighted by Gasteiger charge is 2.25. The van der Waals surface area contributed by atoms with E-state index < -0.39 is 0 Å². The lowest BCUT2D eigenvalue weighted by atomic mass is 10.3. The maximum absolute atomic E-state index is 13.3. The smallest absolute Gasteiger partial charge is 0.293 e. The van der Waals surface area contributed by atoms with Gasteiger partial charge in [0.1, 0.15) is 5.82 Å². The van der Waals surface area contributed by atoms with E-state index in [-0.39, 0.29) is 17.5 Å². The van der Waals surface area contributed by atoms with Crippen molar-refractivity contribution in [3.63, 3.8) is 0 Å². The van der Waals surface area contributed by atoms with Gasteiger partial charge in [0.2, 0.25) is 5.82 Å². The predicted octanol–water partition coefficient (Wildman–Crippen LogP) is 2.91. The zero-order chi connectivity index (χ0) is 18.8. The Kier molecular flexibility index (Phi) is 5.00. The van der Waals surface area contributed by atoms with Crippen LogP contribution in [0.1, 0.15) is 17.0 Å². The summed E-state index contributed by atoms with van der Waals surface area (Å²) in [6.07, 6.45) is 0.929. The molecule has 1 fully saturated rings. The molecule has 3 aromatic rings. The van der Waals surface area contributed by atoms with Crippen LogP contribution in [-0.2, 0) is 0 Å². The average Bonchev–Trinajstić information content (AvgIpc) is 3.29. The Bertz CT molecular complexity index is 922. The SMILES string of the molecule is CN1CCCN(C(=O)c2nc(-c3cccs3)n(-c3ccc(F)cc3)n2)CC1. The van der Waals surface area contributed by atoms with Crippen molar-refractivity contribution in [2.45, 2.75) is 6.42 Å². The second-order valence-corrected chi connectivity index (χ2v) is 7.52. The minimum atomic E-state index is -0.318. The third-order valence-corrected chi connectivity index (χ3v) is 5.48. The summed E-state index contributed by atoms with van der Waals surface area (Å²) in [6, 6.07) is 9.88. The Morgan fingerprint density at radius 2 is 1.93 bits per heavy atom. The molecule has 0 aliphatic carbocycles. The second-order valence-electron chi connectivity index (χ2n) is 6.57. The number of carbonyl (C=O) groups excluding carboxylic acids is 1. The van der Waals surface area contributed by atoms with Crippen molar-refractivity contribution in [1.29, 1.82) is 0 Å². The zero-order valence-electron chi connectivity index (χ0n) is 15.0. The summed E-state index contributed by atoms with van der Waals surface area (Å²) in [6.45, 7) is 3.17. The molecule has 3 heterocycles. The van der Waals surface area contributed by atoms with Crippen molar-refractivity contribution in [3.8, 4) is 16.4 Å². The van der Waals surface area contributed by atoms with Crippen molar-refractivity contribution < 1.29 is 9.18 Å². The number of rotatable bonds is 3. The Labute approximate surface area is 160 Å². The van der Waals surface area contributed by atoms with Gasteiger partial charge in [-0.3, -0.25) is 4.79 Å². The summed E-state index contributed by atoms with van der Waals surface area (Å²) in [7, 11) is 2.06. The fraction of sp³-hybridized carbons (Fsp3) is 0.316. The molecule has 0 atom stereocenters. The molecule has 0 radical (unpaired) electrons. The predicted molar refractivity (Wildman–Crippen MR) is 103 cm³/mol. The largest absolute Gasteiger partial charge is 0.335 e. The Balaban J connectivity index is 1.70. The molecule has 0 N–H and O–H groups in total. The number of thiophene rings is 1. The van der Waals surface area contributed by atoms with Gasteiger partial charge in [-0.15, -0.1) is 16.4 Å². The van der Waals surface area contributed by atoms with Crippen LogP contribution < -0.4 is 0 Å². The molecule has 1 amide bonds. The summed E-state index contributed by atoms with van der Waals surface area (Å²) in [4.78, 5) is 22.5. The normalized spacial score (nSPS) is 15.7. The van der Waals surface area contributed by atoms with Crippen molar-refractivity contribution >= 4 is 17.2 Å². The van der Waals surface area contributed by atoms with E-state index in [1.54, 1.807) is 16.8 Å². The molecule has 1 aliphatic rings. The van der Waals surface area contributed by atoms with Gasteiger partial charge in [0.15, 0.2) is 5.82 Å². The zero-order valence-corrected chi connectivity index (χ0v) is 15.8. The molecule has 1 aliphatic heterocycles. The Morgan fingerprint density at radius 3 is 2.67 bits per heavy atom. The van der Waals surface area contributed by atoms with Crippen LogP contribution >= 0.6 is 11.3 Å². The molecule has 0 spiro atoms. The monoisotopic (exact) mass is 385 g/mol. The molecule has 8 heteroatoms. The number of hydrogen-bond acceptors (Lipinski definition) is 5. The number of likely N-dealkylation sites (N-methyl/N-ethyl adjacent to an activating group) is 1. The van der Waals surface area contributed by atoms with E-state index in [9.17, 15) is 9.18 Å². The molecule has 2 aromatic heterocycles. The van der Waals surface area contributed by atoms with Gasteiger partial charge in [0.25, 0.3) is 5.91 Å². The molecule has 0 saturated carbocycles. The molecule has 0 bridgehead atoms. The van der Waals surface area contributed by atoms with Crippen molar-refractivity contribution in [2.24, 2.45) is 0 Å². The number of aromatic nitrogens is 3. The highest BCUT2D eigenvalue weighted by Crippen LogP contribution is 2.26. The Morgan fingerprint density at radius 1 is 1.11 bits per heavy atom. The van der Waals surface area contributed by atoms with E-state index in [0.29, 0.717) is 24.6 Å². The highest BCUT2D eigenvalue weighted by molar-refractivity contribution is 7.13. The van der Waals surface area contributed by atoms with Crippen LogP contribution in [0.25, 0.3) is 16.4 Å². The highest BCUT2D eigenvalue weighted by atomic mass is 32.1. The lowest BCUT2D eigenvalue weighted by Gasteiger charge is -2.18. The molecular formula is C19H20FN5OS. The molecule has 27 heavy (non-hydrogen) atoms. The molecule has 140 valence electrons. The third kappa shape index (κ3) is 3.77. The summed E-state index contributed by atoms with van der Waals surface area (Å²) >= 11 is 1.52. The third-order valence-electron chi connectivity index (χ3n) is 4.62. The van der Waals surface area contributed by atoms with Crippen LogP contribution in [0.5, 0.6) is 0 Å². The molecule has 1 aromatic carbocycles. The van der Waals surface area contributed by atoms with Gasteiger partial charge in [-0.2, -0.15) is 0 Å². The quantitative estimate of drug-likeness (QED) is 0.696. The maximum Gasteiger partial charge on any atom is 0.293 e. The van der Waals surface area contributed by atoms with E-state index in [4.69, 9.17) is 0 Å². The summed E-state index contributed by atoms with van der Waals surface area (Å²) in [5, 5.41) is 6.43. The standard InChI is InChI=1S/C19H20FN5OS/c1-23-9-3-10-24(12-11-23)19(26)17-21-18(16-4-2-13-27-16)25(22-17)15-7-5-14(20)6-8-15/h2,4-8,13H,3,9-12H2,1H3. The summed E-state index contributed by atoms with van der Waals surface area (Å²) in [5.41, 5.74) is 0.668. The van der Waals surface area contributed by atoms with Crippen LogP contribution in [-0.4, -0.2) is 63.7 Å². The van der Waals surface area contributed by atoms with E-state index >= 15 is 0 Å². The van der Waals surface area contributed by atoms with Crippen LogP contribution in [0.4, 0.5) is 4.39 Å². The first-order valence-corrected chi connectivity index (χ1v) is 9.74. The lowest BCUT2D eigenvalue weighted by Crippen LogP contribution is -2.35. The lowest BCUT2D eigenvalue weighted by molar-refractivity contribution is 0.0750. The number of carbonyl (C=O) groups is 1. The molecule has 0 unspecified atom stereocenters. The van der Waals surface area contributed by atoms with E-state index in [0.717, 1.165) is 24.4 Å². The summed E-state index contributed by atoms with van der Waals surface area (Å²) < 4.78 is 14.9. The van der Waals surface area contributed by atoms with Crippen LogP contribution in [0.2, 0.25) is 0 Å². The maximum atomic E-state index is 13.3. The average molecular weight is 385 g/mol. The first kappa shape index (κ1) is 17.8. The van der Waals surface area contributed by atoms with Crippen molar-refractivity contribution in [1.82, 2.24) is 24.6 Å². The van der Waals surface area contributed by atoms with Gasteiger partial charge in [-0.25, -0.2) is 14.1 Å². The molecule has 4 rings (SSSR count). The number of amides is 1.